The third-order valence-electron chi connectivity index (χ3n) is 6.86. The Morgan fingerprint density at radius 2 is 1.58 bits per heavy atom. The van der Waals surface area contributed by atoms with Crippen LogP contribution in [0.3, 0.4) is 0 Å². The van der Waals surface area contributed by atoms with E-state index in [4.69, 9.17) is 14.2 Å². The van der Waals surface area contributed by atoms with Crippen LogP contribution < -0.4 is 14.2 Å². The Labute approximate surface area is 216 Å². The summed E-state index contributed by atoms with van der Waals surface area (Å²) >= 11 is 0. The molecule has 3 heterocycles. The number of ether oxygens (including phenoxy) is 3. The van der Waals surface area contributed by atoms with Gasteiger partial charge in [-0.2, -0.15) is 0 Å². The van der Waals surface area contributed by atoms with Crippen molar-refractivity contribution >= 4 is 22.6 Å². The van der Waals surface area contributed by atoms with Crippen LogP contribution in [-0.4, -0.2) is 34.7 Å². The van der Waals surface area contributed by atoms with Crippen molar-refractivity contribution in [1.82, 2.24) is 9.97 Å². The van der Waals surface area contributed by atoms with E-state index in [9.17, 15) is 14.0 Å². The number of Topliss-reactive ketones (excluding diaryl/α,β-unsaturated/α-hetero) is 2. The highest BCUT2D eigenvalue weighted by Gasteiger charge is 2.54. The molecule has 9 heteroatoms. The molecule has 192 valence electrons. The molecule has 1 aliphatic heterocycles. The van der Waals surface area contributed by atoms with Crippen LogP contribution in [0.5, 0.6) is 23.1 Å². The van der Waals surface area contributed by atoms with E-state index in [0.717, 1.165) is 0 Å². The molecule has 0 unspecified atom stereocenters. The van der Waals surface area contributed by atoms with E-state index >= 15 is 4.39 Å². The van der Waals surface area contributed by atoms with Gasteiger partial charge in [-0.05, 0) is 48.2 Å². The molecule has 6 rings (SSSR count). The molecular formula is C29H22F2N2O5. The molecule has 1 fully saturated rings. The van der Waals surface area contributed by atoms with E-state index in [1.54, 1.807) is 30.3 Å². The third kappa shape index (κ3) is 4.55. The molecular weight excluding hydrogens is 494 g/mol. The minimum Gasteiger partial charge on any atom is -0.484 e. The highest BCUT2D eigenvalue weighted by atomic mass is 19.1. The molecule has 2 aromatic heterocycles. The topological polar surface area (TPSA) is 87.6 Å². The number of carbonyl (C=O) groups is 2. The summed E-state index contributed by atoms with van der Waals surface area (Å²) in [5.41, 5.74) is 0.950. The number of hydrogen-bond acceptors (Lipinski definition) is 7. The van der Waals surface area contributed by atoms with Crippen molar-refractivity contribution < 1.29 is 32.6 Å². The van der Waals surface area contributed by atoms with Gasteiger partial charge in [0.05, 0.1) is 10.9 Å². The normalized spacial score (nSPS) is 15.2. The fourth-order valence-electron chi connectivity index (χ4n) is 4.60. The van der Waals surface area contributed by atoms with Crippen LogP contribution in [-0.2, 0) is 22.4 Å². The lowest BCUT2D eigenvalue weighted by Crippen LogP contribution is -2.28. The summed E-state index contributed by atoms with van der Waals surface area (Å²) < 4.78 is 45.1. The Morgan fingerprint density at radius 3 is 2.32 bits per heavy atom. The first-order chi connectivity index (χ1) is 18.4. The summed E-state index contributed by atoms with van der Waals surface area (Å²) in [5.74, 6) is -0.421. The van der Waals surface area contributed by atoms with Gasteiger partial charge in [-0.25, -0.2) is 13.8 Å². The molecule has 0 atom stereocenters. The fraction of sp³-hybridized carbons (Fsp3) is 0.241. The molecule has 0 radical (unpaired) electrons. The van der Waals surface area contributed by atoms with Gasteiger partial charge in [0.15, 0.2) is 34.6 Å². The molecule has 0 amide bonds. The quantitative estimate of drug-likeness (QED) is 0.299. The second-order valence-corrected chi connectivity index (χ2v) is 9.44. The van der Waals surface area contributed by atoms with E-state index in [-0.39, 0.29) is 41.7 Å². The van der Waals surface area contributed by atoms with Crippen molar-refractivity contribution in [3.8, 4) is 23.1 Å². The maximum absolute atomic E-state index is 15.0. The number of fused-ring (bicyclic) bond motifs is 2. The maximum Gasteiger partial charge on any atom is 0.257 e. The Hall–Kier alpha value is -4.40. The summed E-state index contributed by atoms with van der Waals surface area (Å²) in [6.45, 7) is 0.788. The van der Waals surface area contributed by atoms with Crippen LogP contribution in [0, 0.1) is 17.0 Å². The molecule has 7 nitrogen and oxygen atoms in total. The molecule has 0 N–H and O–H groups in total. The number of rotatable bonds is 8. The van der Waals surface area contributed by atoms with Gasteiger partial charge < -0.3 is 14.2 Å². The zero-order valence-corrected chi connectivity index (χ0v) is 20.2. The largest absolute Gasteiger partial charge is 0.484 e. The van der Waals surface area contributed by atoms with Gasteiger partial charge in [0.1, 0.15) is 24.5 Å². The molecule has 4 aromatic rings. The molecule has 0 bridgehead atoms. The second-order valence-electron chi connectivity index (χ2n) is 9.44. The first-order valence-electron chi connectivity index (χ1n) is 12.2. The monoisotopic (exact) mass is 516 g/mol. The van der Waals surface area contributed by atoms with Gasteiger partial charge in [0.2, 0.25) is 0 Å². The number of carbonyl (C=O) groups excluding carboxylic acids is 2. The minimum absolute atomic E-state index is 0.0427. The van der Waals surface area contributed by atoms with Crippen molar-refractivity contribution in [3.63, 3.8) is 0 Å². The summed E-state index contributed by atoms with van der Waals surface area (Å²) in [6, 6.07) is 13.2. The zero-order valence-electron chi connectivity index (χ0n) is 20.2. The Morgan fingerprint density at radius 1 is 0.868 bits per heavy atom. The van der Waals surface area contributed by atoms with Crippen LogP contribution in [0.4, 0.5) is 8.78 Å². The highest BCUT2D eigenvalue weighted by Crippen LogP contribution is 2.49. The number of aromatic nitrogens is 2. The molecule has 2 aliphatic rings. The average molecular weight is 517 g/mol. The van der Waals surface area contributed by atoms with Gasteiger partial charge in [0, 0.05) is 31.2 Å². The van der Waals surface area contributed by atoms with E-state index < -0.39 is 11.2 Å². The molecule has 2 aromatic carbocycles. The van der Waals surface area contributed by atoms with E-state index in [2.05, 4.69) is 9.97 Å². The fourth-order valence-corrected chi connectivity index (χ4v) is 4.60. The molecule has 38 heavy (non-hydrogen) atoms. The number of hydrogen-bond donors (Lipinski definition) is 0. The van der Waals surface area contributed by atoms with Crippen molar-refractivity contribution in [3.05, 3.63) is 83.6 Å². The van der Waals surface area contributed by atoms with Crippen molar-refractivity contribution in [2.24, 2.45) is 5.41 Å². The average Bonchev–Trinajstić information content (AvgIpc) is 3.73. The molecule has 0 saturated heterocycles. The third-order valence-corrected chi connectivity index (χ3v) is 6.86. The number of nitrogens with zero attached hydrogens (tertiary/aromatic N) is 2. The summed E-state index contributed by atoms with van der Waals surface area (Å²) in [6.07, 6.45) is 2.45. The van der Waals surface area contributed by atoms with E-state index in [0.29, 0.717) is 59.8 Å². The highest BCUT2D eigenvalue weighted by molar-refractivity contribution is 6.10. The molecule has 0 spiro atoms. The predicted molar refractivity (Wildman–Crippen MR) is 132 cm³/mol. The van der Waals surface area contributed by atoms with E-state index in [1.807, 2.05) is 0 Å². The second kappa shape index (κ2) is 9.48. The minimum atomic E-state index is -1.05. The molecule has 1 saturated carbocycles. The summed E-state index contributed by atoms with van der Waals surface area (Å²) in [7, 11) is 0. The lowest BCUT2D eigenvalue weighted by atomic mass is 9.88. The maximum atomic E-state index is 15.0. The number of ketones is 2. The van der Waals surface area contributed by atoms with Gasteiger partial charge in [0.25, 0.3) is 5.88 Å². The van der Waals surface area contributed by atoms with Gasteiger partial charge in [-0.15, -0.1) is 0 Å². The lowest BCUT2D eigenvalue weighted by Gasteiger charge is -2.18. The van der Waals surface area contributed by atoms with Crippen LogP contribution >= 0.6 is 0 Å². The Balaban J connectivity index is 1.17. The van der Waals surface area contributed by atoms with Gasteiger partial charge in [-0.1, -0.05) is 18.2 Å². The smallest absolute Gasteiger partial charge is 0.257 e. The first-order valence-corrected chi connectivity index (χ1v) is 12.2. The first kappa shape index (κ1) is 24.0. The summed E-state index contributed by atoms with van der Waals surface area (Å²) in [5, 5.41) is 0. The van der Waals surface area contributed by atoms with Crippen LogP contribution in [0.25, 0.3) is 11.0 Å². The van der Waals surface area contributed by atoms with Crippen molar-refractivity contribution in [2.75, 3.05) is 13.2 Å². The van der Waals surface area contributed by atoms with Crippen LogP contribution in [0.1, 0.15) is 24.0 Å². The van der Waals surface area contributed by atoms with Gasteiger partial charge >= 0.3 is 0 Å². The number of benzene rings is 2. The standard InChI is InChI=1S/C29H22F2N2O5/c30-19-4-1-17(2-5-19)14-25(34)29(8-9-29)26(35)15-18-3-6-22(20(31)13-18)38-23-7-10-32-21-16-24-28(33-27(21)23)37-12-11-36-24/h1-7,10,13,16H,8-9,11-12,14-15H2. The van der Waals surface area contributed by atoms with Crippen LogP contribution in [0.15, 0.2) is 60.8 Å². The number of halogens is 2. The summed E-state index contributed by atoms with van der Waals surface area (Å²) in [4.78, 5) is 34.7. The predicted octanol–water partition coefficient (Wildman–Crippen LogP) is 5.18. The zero-order chi connectivity index (χ0) is 26.3. The van der Waals surface area contributed by atoms with Crippen molar-refractivity contribution in [2.45, 2.75) is 25.7 Å². The number of pyridine rings is 2. The van der Waals surface area contributed by atoms with Crippen molar-refractivity contribution in [1.29, 1.82) is 0 Å². The van der Waals surface area contributed by atoms with Crippen LogP contribution in [0.2, 0.25) is 0 Å². The molecule has 1 aliphatic carbocycles. The lowest BCUT2D eigenvalue weighted by molar-refractivity contribution is -0.133. The van der Waals surface area contributed by atoms with E-state index in [1.165, 1.54) is 30.5 Å². The SMILES string of the molecule is O=C(Cc1ccc(F)cc1)C1(C(=O)Cc2ccc(Oc3ccnc4cc5c(nc34)OCCO5)c(F)c2)CC1. The Kier molecular flexibility index (Phi) is 5.98. The Bertz CT molecular complexity index is 1570. The van der Waals surface area contributed by atoms with Gasteiger partial charge in [-0.3, -0.25) is 14.6 Å².